The first-order valence-electron chi connectivity index (χ1n) is 5.42. The molecule has 12 heavy (non-hydrogen) atoms. The van der Waals surface area contributed by atoms with Crippen LogP contribution in [0.25, 0.3) is 0 Å². The van der Waals surface area contributed by atoms with E-state index in [0.29, 0.717) is 0 Å². The largest absolute Gasteiger partial charge is 0.375 e. The normalized spacial score (nSPS) is 37.8. The average molecular weight is 168 g/mol. The van der Waals surface area contributed by atoms with Gasteiger partial charge in [-0.05, 0) is 25.7 Å². The van der Waals surface area contributed by atoms with Gasteiger partial charge in [-0.1, -0.05) is 32.1 Å². The van der Waals surface area contributed by atoms with E-state index >= 15 is 0 Å². The van der Waals surface area contributed by atoms with Gasteiger partial charge < -0.3 is 4.74 Å². The van der Waals surface area contributed by atoms with Gasteiger partial charge >= 0.3 is 0 Å². The molecule has 2 fully saturated rings. The zero-order valence-corrected chi connectivity index (χ0v) is 8.14. The molecular weight excluding hydrogens is 148 g/mol. The van der Waals surface area contributed by atoms with Crippen LogP contribution in [0.2, 0.25) is 0 Å². The molecule has 1 heterocycles. The molecule has 1 nitrogen and oxygen atoms in total. The Labute approximate surface area is 75.5 Å². The highest BCUT2D eigenvalue weighted by Gasteiger charge is 2.35. The maximum atomic E-state index is 5.62. The summed E-state index contributed by atoms with van der Waals surface area (Å²) in [6.45, 7) is 3.29. The van der Waals surface area contributed by atoms with Gasteiger partial charge in [0, 0.05) is 0 Å². The summed E-state index contributed by atoms with van der Waals surface area (Å²) in [5.74, 6) is 0.976. The number of rotatable bonds is 2. The van der Waals surface area contributed by atoms with Crippen LogP contribution in [0.3, 0.4) is 0 Å². The first-order valence-corrected chi connectivity index (χ1v) is 5.42. The van der Waals surface area contributed by atoms with Crippen molar-refractivity contribution < 1.29 is 4.74 Å². The summed E-state index contributed by atoms with van der Waals surface area (Å²) in [4.78, 5) is 0. The SMILES string of the molecule is CC1(CC2CCCCC2)CCO1. The fourth-order valence-corrected chi connectivity index (χ4v) is 2.61. The van der Waals surface area contributed by atoms with E-state index in [1.165, 1.54) is 44.9 Å². The lowest BCUT2D eigenvalue weighted by Gasteiger charge is -2.42. The van der Waals surface area contributed by atoms with Crippen LogP contribution in [0, 0.1) is 5.92 Å². The molecule has 2 aliphatic rings. The smallest absolute Gasteiger partial charge is 0.0679 e. The molecule has 2 rings (SSSR count). The Kier molecular flexibility index (Phi) is 2.40. The highest BCUT2D eigenvalue weighted by molar-refractivity contribution is 4.85. The molecule has 1 saturated carbocycles. The minimum atomic E-state index is 0.280. The molecule has 0 radical (unpaired) electrons. The maximum absolute atomic E-state index is 5.62. The van der Waals surface area contributed by atoms with Crippen molar-refractivity contribution in [1.82, 2.24) is 0 Å². The standard InChI is InChI=1S/C11H20O/c1-11(7-8-12-11)9-10-5-3-2-4-6-10/h10H,2-9H2,1H3. The van der Waals surface area contributed by atoms with Crippen molar-refractivity contribution in [3.63, 3.8) is 0 Å². The summed E-state index contributed by atoms with van der Waals surface area (Å²) >= 11 is 0. The van der Waals surface area contributed by atoms with Crippen LogP contribution in [0.15, 0.2) is 0 Å². The number of ether oxygens (including phenoxy) is 1. The first kappa shape index (κ1) is 8.55. The van der Waals surface area contributed by atoms with Crippen molar-refractivity contribution in [3.8, 4) is 0 Å². The minimum absolute atomic E-state index is 0.280. The van der Waals surface area contributed by atoms with E-state index in [1.54, 1.807) is 0 Å². The second kappa shape index (κ2) is 3.37. The van der Waals surface area contributed by atoms with Crippen molar-refractivity contribution in [1.29, 1.82) is 0 Å². The highest BCUT2D eigenvalue weighted by atomic mass is 16.5. The Morgan fingerprint density at radius 1 is 1.25 bits per heavy atom. The van der Waals surface area contributed by atoms with Crippen LogP contribution in [-0.4, -0.2) is 12.2 Å². The van der Waals surface area contributed by atoms with Gasteiger partial charge in [-0.2, -0.15) is 0 Å². The second-order valence-electron chi connectivity index (χ2n) is 4.76. The summed E-state index contributed by atoms with van der Waals surface area (Å²) < 4.78 is 5.62. The molecule has 0 amide bonds. The molecule has 0 spiro atoms. The lowest BCUT2D eigenvalue weighted by Crippen LogP contribution is -2.42. The molecule has 1 aliphatic heterocycles. The average Bonchev–Trinajstić information content (AvgIpc) is 2.04. The Morgan fingerprint density at radius 3 is 2.42 bits per heavy atom. The van der Waals surface area contributed by atoms with Crippen molar-refractivity contribution >= 4 is 0 Å². The summed E-state index contributed by atoms with van der Waals surface area (Å²) in [7, 11) is 0. The van der Waals surface area contributed by atoms with E-state index in [2.05, 4.69) is 6.92 Å². The Morgan fingerprint density at radius 2 is 1.92 bits per heavy atom. The van der Waals surface area contributed by atoms with Gasteiger partial charge in [0.15, 0.2) is 0 Å². The van der Waals surface area contributed by atoms with Gasteiger partial charge in [-0.25, -0.2) is 0 Å². The van der Waals surface area contributed by atoms with E-state index in [4.69, 9.17) is 4.74 Å². The Hall–Kier alpha value is -0.0400. The van der Waals surface area contributed by atoms with Crippen molar-refractivity contribution in [2.45, 2.75) is 57.5 Å². The molecular formula is C11H20O. The van der Waals surface area contributed by atoms with Crippen LogP contribution in [0.4, 0.5) is 0 Å². The predicted molar refractivity (Wildman–Crippen MR) is 50.2 cm³/mol. The second-order valence-corrected chi connectivity index (χ2v) is 4.76. The number of hydrogen-bond acceptors (Lipinski definition) is 1. The Balaban J connectivity index is 1.77. The van der Waals surface area contributed by atoms with E-state index < -0.39 is 0 Å². The van der Waals surface area contributed by atoms with Gasteiger partial charge in [-0.3, -0.25) is 0 Å². The van der Waals surface area contributed by atoms with Crippen LogP contribution in [-0.2, 0) is 4.74 Å². The van der Waals surface area contributed by atoms with Gasteiger partial charge in [-0.15, -0.1) is 0 Å². The van der Waals surface area contributed by atoms with Gasteiger partial charge in [0.05, 0.1) is 12.2 Å². The van der Waals surface area contributed by atoms with E-state index in [9.17, 15) is 0 Å². The molecule has 0 bridgehead atoms. The third-order valence-corrected chi connectivity index (χ3v) is 3.53. The Bertz CT molecular complexity index is 143. The lowest BCUT2D eigenvalue weighted by atomic mass is 9.79. The molecule has 1 aliphatic carbocycles. The van der Waals surface area contributed by atoms with Gasteiger partial charge in [0.2, 0.25) is 0 Å². The minimum Gasteiger partial charge on any atom is -0.375 e. The number of hydrogen-bond donors (Lipinski definition) is 0. The molecule has 0 N–H and O–H groups in total. The maximum Gasteiger partial charge on any atom is 0.0679 e. The monoisotopic (exact) mass is 168 g/mol. The third kappa shape index (κ3) is 1.82. The van der Waals surface area contributed by atoms with Crippen molar-refractivity contribution in [2.75, 3.05) is 6.61 Å². The molecule has 0 aromatic heterocycles. The predicted octanol–water partition coefficient (Wildman–Crippen LogP) is 3.14. The molecule has 1 atom stereocenters. The summed E-state index contributed by atoms with van der Waals surface area (Å²) in [6, 6.07) is 0. The van der Waals surface area contributed by atoms with Gasteiger partial charge in [0.25, 0.3) is 0 Å². The molecule has 0 aromatic rings. The van der Waals surface area contributed by atoms with E-state index in [1.807, 2.05) is 0 Å². The molecule has 1 saturated heterocycles. The first-order chi connectivity index (χ1) is 5.79. The molecule has 1 unspecified atom stereocenters. The third-order valence-electron chi connectivity index (χ3n) is 3.53. The molecule has 70 valence electrons. The summed E-state index contributed by atoms with van der Waals surface area (Å²) in [5.41, 5.74) is 0.280. The van der Waals surface area contributed by atoms with Crippen LogP contribution < -0.4 is 0 Å². The highest BCUT2D eigenvalue weighted by Crippen LogP contribution is 2.37. The topological polar surface area (TPSA) is 9.23 Å². The molecule has 0 aromatic carbocycles. The quantitative estimate of drug-likeness (QED) is 0.615. The van der Waals surface area contributed by atoms with Crippen molar-refractivity contribution in [2.24, 2.45) is 5.92 Å². The van der Waals surface area contributed by atoms with Crippen LogP contribution in [0.5, 0.6) is 0 Å². The fraction of sp³-hybridized carbons (Fsp3) is 1.00. The van der Waals surface area contributed by atoms with Crippen LogP contribution >= 0.6 is 0 Å². The van der Waals surface area contributed by atoms with E-state index in [-0.39, 0.29) is 5.60 Å². The zero-order valence-electron chi connectivity index (χ0n) is 8.14. The molecule has 1 heteroatoms. The lowest BCUT2D eigenvalue weighted by molar-refractivity contribution is -0.147. The van der Waals surface area contributed by atoms with E-state index in [0.717, 1.165) is 12.5 Å². The van der Waals surface area contributed by atoms with Crippen LogP contribution in [0.1, 0.15) is 51.9 Å². The van der Waals surface area contributed by atoms with Gasteiger partial charge in [0.1, 0.15) is 0 Å². The summed E-state index contributed by atoms with van der Waals surface area (Å²) in [6.07, 6.45) is 9.92. The fourth-order valence-electron chi connectivity index (χ4n) is 2.61. The summed E-state index contributed by atoms with van der Waals surface area (Å²) in [5, 5.41) is 0. The van der Waals surface area contributed by atoms with Crippen molar-refractivity contribution in [3.05, 3.63) is 0 Å². The zero-order chi connectivity index (χ0) is 8.44.